The molecule has 5 heteroatoms. The number of Topliss-reactive ketones (excluding diaryl/α,β-unsaturated/α-hetero) is 1. The van der Waals surface area contributed by atoms with Crippen LogP contribution in [-0.4, -0.2) is 5.78 Å². The summed E-state index contributed by atoms with van der Waals surface area (Å²) in [6, 6.07) is 25.3. The van der Waals surface area contributed by atoms with Crippen LogP contribution < -0.4 is 10.6 Å². The Morgan fingerprint density at radius 2 is 1.74 bits per heavy atom. The lowest BCUT2D eigenvalue weighted by Crippen LogP contribution is -2.39. The zero-order valence-electron chi connectivity index (χ0n) is 22.3. The molecule has 3 aromatic carbocycles. The molecule has 2 N–H and O–H groups in total. The average molecular weight is 520 g/mol. The van der Waals surface area contributed by atoms with Gasteiger partial charge in [0.05, 0.1) is 23.2 Å². The number of hydrogen-bond donors (Lipinski definition) is 1. The fraction of sp³-hybridized carbons (Fsp3) is 0.273. The van der Waals surface area contributed by atoms with Crippen LogP contribution in [0.2, 0.25) is 0 Å². The number of allylic oxidation sites excluding steroid dienone is 3. The normalized spacial score (nSPS) is 17.5. The Balaban J connectivity index is 1.60. The number of nitriles is 1. The Labute approximate surface area is 229 Å². The number of anilines is 1. The van der Waals surface area contributed by atoms with E-state index in [1.165, 1.54) is 11.1 Å². The van der Waals surface area contributed by atoms with Crippen LogP contribution in [0.15, 0.2) is 89.4 Å². The zero-order valence-corrected chi connectivity index (χ0v) is 23.1. The molecule has 1 aliphatic heterocycles. The number of aryl methyl sites for hydroxylation is 2. The van der Waals surface area contributed by atoms with E-state index in [1.807, 2.05) is 53.9 Å². The number of carbonyl (C=O) groups excluding carboxylic acids is 1. The summed E-state index contributed by atoms with van der Waals surface area (Å²) in [6.45, 7) is 6.25. The first-order valence-corrected chi connectivity index (χ1v) is 14.3. The van der Waals surface area contributed by atoms with Crippen LogP contribution in [0.1, 0.15) is 58.6 Å². The highest BCUT2D eigenvalue weighted by Gasteiger charge is 2.41. The number of rotatable bonds is 6. The van der Waals surface area contributed by atoms with Crippen molar-refractivity contribution in [3.63, 3.8) is 0 Å². The quantitative estimate of drug-likeness (QED) is 0.369. The Morgan fingerprint density at radius 3 is 2.47 bits per heavy atom. The van der Waals surface area contributed by atoms with Crippen LogP contribution >= 0.6 is 11.8 Å². The lowest BCUT2D eigenvalue weighted by Gasteiger charge is -2.40. The molecule has 38 heavy (non-hydrogen) atoms. The molecule has 1 atom stereocenters. The number of ketones is 1. The Bertz CT molecular complexity index is 1500. The lowest BCUT2D eigenvalue weighted by molar-refractivity contribution is -0.116. The van der Waals surface area contributed by atoms with Crippen molar-refractivity contribution in [2.45, 2.75) is 57.5 Å². The minimum atomic E-state index is -0.444. The molecule has 0 saturated carbocycles. The SMILES string of the molecule is Cc1cc(CSCc2ccccc2)c(C)c(C2C(C#N)=C(N)N(c3ccccc3C)C3=C2C(=O)CCC3)c1. The third-order valence-corrected chi connectivity index (χ3v) is 8.70. The molecule has 0 saturated heterocycles. The zero-order chi connectivity index (χ0) is 26.8. The molecular formula is C33H33N3OS. The standard InChI is InChI=1S/C33H33N3OS/c1-21-16-25(20-38-19-24-11-5-4-6-12-24)23(3)26(17-21)31-27(18-34)33(35)36(28-13-8-7-10-22(28)2)29-14-9-15-30(37)32(29)31/h4-8,10-13,16-17,31H,9,14-15,19-20,35H2,1-3H3. The van der Waals surface area contributed by atoms with Gasteiger partial charge in [0, 0.05) is 29.2 Å². The fourth-order valence-corrected chi connectivity index (χ4v) is 6.80. The lowest BCUT2D eigenvalue weighted by atomic mass is 9.73. The van der Waals surface area contributed by atoms with Gasteiger partial charge in [-0.3, -0.25) is 9.69 Å². The Kier molecular flexibility index (Phi) is 7.44. The van der Waals surface area contributed by atoms with Gasteiger partial charge in [-0.25, -0.2) is 0 Å². The smallest absolute Gasteiger partial charge is 0.161 e. The maximum atomic E-state index is 13.6. The molecular weight excluding hydrogens is 486 g/mol. The van der Waals surface area contributed by atoms with Gasteiger partial charge in [0.25, 0.3) is 0 Å². The van der Waals surface area contributed by atoms with Crippen LogP contribution in [0, 0.1) is 32.1 Å². The molecule has 4 nitrogen and oxygen atoms in total. The van der Waals surface area contributed by atoms with Gasteiger partial charge in [0.2, 0.25) is 0 Å². The van der Waals surface area contributed by atoms with Crippen molar-refractivity contribution >= 4 is 23.2 Å². The third kappa shape index (κ3) is 4.77. The van der Waals surface area contributed by atoms with Gasteiger partial charge in [-0.1, -0.05) is 66.2 Å². The van der Waals surface area contributed by atoms with E-state index in [2.05, 4.69) is 56.3 Å². The Morgan fingerprint density at radius 1 is 1.00 bits per heavy atom. The maximum absolute atomic E-state index is 13.6. The van der Waals surface area contributed by atoms with E-state index in [9.17, 15) is 10.1 Å². The maximum Gasteiger partial charge on any atom is 0.161 e. The van der Waals surface area contributed by atoms with Gasteiger partial charge >= 0.3 is 0 Å². The van der Waals surface area contributed by atoms with Crippen molar-refractivity contribution in [1.82, 2.24) is 0 Å². The molecule has 0 amide bonds. The molecule has 1 unspecified atom stereocenters. The van der Waals surface area contributed by atoms with Crippen molar-refractivity contribution in [2.24, 2.45) is 5.73 Å². The number of nitrogens with zero attached hydrogens (tertiary/aromatic N) is 2. The monoisotopic (exact) mass is 519 g/mol. The second kappa shape index (κ2) is 10.9. The van der Waals surface area contributed by atoms with E-state index in [-0.39, 0.29) is 5.78 Å². The summed E-state index contributed by atoms with van der Waals surface area (Å²) in [7, 11) is 0. The number of thioether (sulfide) groups is 1. The molecule has 0 aromatic heterocycles. The summed E-state index contributed by atoms with van der Waals surface area (Å²) in [5, 5.41) is 10.4. The molecule has 192 valence electrons. The van der Waals surface area contributed by atoms with Crippen molar-refractivity contribution < 1.29 is 4.79 Å². The van der Waals surface area contributed by atoms with Crippen molar-refractivity contribution in [3.05, 3.63) is 123 Å². The predicted molar refractivity (Wildman–Crippen MR) is 156 cm³/mol. The molecule has 5 rings (SSSR count). The molecule has 1 heterocycles. The van der Waals surface area contributed by atoms with E-state index in [1.54, 1.807) is 0 Å². The second-order valence-corrected chi connectivity index (χ2v) is 11.2. The molecule has 2 aliphatic rings. The first-order chi connectivity index (χ1) is 18.4. The predicted octanol–water partition coefficient (Wildman–Crippen LogP) is 7.35. The van der Waals surface area contributed by atoms with Crippen LogP contribution in [0.25, 0.3) is 0 Å². The van der Waals surface area contributed by atoms with Gasteiger partial charge in [0.1, 0.15) is 5.82 Å². The summed E-state index contributed by atoms with van der Waals surface area (Å²) in [6.07, 6.45) is 2.05. The number of carbonyl (C=O) groups is 1. The molecule has 0 fully saturated rings. The highest BCUT2D eigenvalue weighted by Crippen LogP contribution is 2.48. The van der Waals surface area contributed by atoms with Crippen molar-refractivity contribution in [1.29, 1.82) is 5.26 Å². The van der Waals surface area contributed by atoms with E-state index < -0.39 is 5.92 Å². The van der Waals surface area contributed by atoms with Crippen LogP contribution in [-0.2, 0) is 16.3 Å². The average Bonchev–Trinajstić information content (AvgIpc) is 2.91. The molecule has 1 aliphatic carbocycles. The van der Waals surface area contributed by atoms with Gasteiger partial charge in [-0.2, -0.15) is 17.0 Å². The minimum absolute atomic E-state index is 0.121. The van der Waals surface area contributed by atoms with Crippen molar-refractivity contribution in [3.8, 4) is 6.07 Å². The van der Waals surface area contributed by atoms with Crippen molar-refractivity contribution in [2.75, 3.05) is 4.90 Å². The highest BCUT2D eigenvalue weighted by molar-refractivity contribution is 7.97. The number of nitrogens with two attached hydrogens (primary N) is 1. The van der Waals surface area contributed by atoms with E-state index >= 15 is 0 Å². The van der Waals surface area contributed by atoms with Gasteiger partial charge in [-0.15, -0.1) is 0 Å². The van der Waals surface area contributed by atoms with Crippen LogP contribution in [0.5, 0.6) is 0 Å². The highest BCUT2D eigenvalue weighted by atomic mass is 32.2. The van der Waals surface area contributed by atoms with Crippen LogP contribution in [0.4, 0.5) is 5.69 Å². The number of benzene rings is 3. The first-order valence-electron chi connectivity index (χ1n) is 13.1. The number of hydrogen-bond acceptors (Lipinski definition) is 5. The van der Waals surface area contributed by atoms with Gasteiger partial charge in [0.15, 0.2) is 5.78 Å². The van der Waals surface area contributed by atoms with Gasteiger partial charge < -0.3 is 5.73 Å². The van der Waals surface area contributed by atoms with E-state index in [4.69, 9.17) is 5.73 Å². The molecule has 0 bridgehead atoms. The minimum Gasteiger partial charge on any atom is -0.384 e. The van der Waals surface area contributed by atoms with E-state index in [0.717, 1.165) is 63.6 Å². The molecule has 3 aromatic rings. The summed E-state index contributed by atoms with van der Waals surface area (Å²) >= 11 is 1.88. The van der Waals surface area contributed by atoms with Gasteiger partial charge in [-0.05, 0) is 67.5 Å². The Hall–Kier alpha value is -3.75. The van der Waals surface area contributed by atoms with E-state index in [0.29, 0.717) is 17.8 Å². The fourth-order valence-electron chi connectivity index (χ4n) is 5.75. The molecule has 0 radical (unpaired) electrons. The molecule has 0 spiro atoms. The first kappa shape index (κ1) is 25.9. The topological polar surface area (TPSA) is 70.1 Å². The summed E-state index contributed by atoms with van der Waals surface area (Å²) < 4.78 is 0. The largest absolute Gasteiger partial charge is 0.384 e. The third-order valence-electron chi connectivity index (χ3n) is 7.65. The van der Waals surface area contributed by atoms with Crippen LogP contribution in [0.3, 0.4) is 0 Å². The summed E-state index contributed by atoms with van der Waals surface area (Å²) in [4.78, 5) is 15.6. The summed E-state index contributed by atoms with van der Waals surface area (Å²) in [5.74, 6) is 1.90. The number of para-hydroxylation sites is 1. The summed E-state index contributed by atoms with van der Waals surface area (Å²) in [5.41, 5.74) is 16.8. The second-order valence-electron chi connectivity index (χ2n) is 10.2.